The first-order valence-corrected chi connectivity index (χ1v) is 7.21. The lowest BCUT2D eigenvalue weighted by Gasteiger charge is -2.06. The smallest absolute Gasteiger partial charge is 0.175 e. The van der Waals surface area contributed by atoms with Gasteiger partial charge in [0.2, 0.25) is 0 Å². The van der Waals surface area contributed by atoms with E-state index in [9.17, 15) is 0 Å². The predicted molar refractivity (Wildman–Crippen MR) is 81.1 cm³/mol. The molecule has 3 rings (SSSR count). The first-order chi connectivity index (χ1) is 9.74. The van der Waals surface area contributed by atoms with Crippen LogP contribution in [0.25, 0.3) is 5.65 Å². The zero-order valence-electron chi connectivity index (χ0n) is 11.1. The molecule has 0 atom stereocenters. The Morgan fingerprint density at radius 2 is 2.10 bits per heavy atom. The van der Waals surface area contributed by atoms with Crippen molar-refractivity contribution < 1.29 is 4.74 Å². The molecule has 5 heteroatoms. The third kappa shape index (κ3) is 2.67. The van der Waals surface area contributed by atoms with Gasteiger partial charge in [0.25, 0.3) is 0 Å². The van der Waals surface area contributed by atoms with E-state index in [-0.39, 0.29) is 0 Å². The van der Waals surface area contributed by atoms with Gasteiger partial charge in [0.05, 0.1) is 11.1 Å². The van der Waals surface area contributed by atoms with Crippen LogP contribution in [0.15, 0.2) is 47.1 Å². The summed E-state index contributed by atoms with van der Waals surface area (Å²) in [7, 11) is 0. The van der Waals surface area contributed by atoms with Gasteiger partial charge in [0, 0.05) is 12.6 Å². The van der Waals surface area contributed by atoms with Crippen LogP contribution >= 0.6 is 15.9 Å². The second-order valence-corrected chi connectivity index (χ2v) is 5.44. The molecule has 0 saturated carbocycles. The molecular formula is C15H14BrN3O. The van der Waals surface area contributed by atoms with Crippen LogP contribution in [0.1, 0.15) is 11.4 Å². The molecule has 102 valence electrons. The number of hydrogen-bond donors (Lipinski definition) is 0. The van der Waals surface area contributed by atoms with Gasteiger partial charge < -0.3 is 4.74 Å². The summed E-state index contributed by atoms with van der Waals surface area (Å²) in [5.41, 5.74) is 2.03. The summed E-state index contributed by atoms with van der Waals surface area (Å²) in [4.78, 5) is 0. The van der Waals surface area contributed by atoms with Crippen molar-refractivity contribution in [3.8, 4) is 5.75 Å². The molecule has 0 saturated heterocycles. The van der Waals surface area contributed by atoms with Crippen molar-refractivity contribution in [2.45, 2.75) is 13.3 Å². The SMILES string of the molecule is Cc1cccc(OCCc2nnc3c(Br)cccn23)c1. The molecule has 0 aliphatic heterocycles. The third-order valence-electron chi connectivity index (χ3n) is 3.04. The second kappa shape index (κ2) is 5.63. The van der Waals surface area contributed by atoms with Crippen molar-refractivity contribution in [2.75, 3.05) is 6.61 Å². The van der Waals surface area contributed by atoms with E-state index in [0.717, 1.165) is 21.7 Å². The van der Waals surface area contributed by atoms with Crippen LogP contribution in [0.5, 0.6) is 5.75 Å². The minimum Gasteiger partial charge on any atom is -0.493 e. The van der Waals surface area contributed by atoms with Gasteiger partial charge in [0.15, 0.2) is 5.65 Å². The molecule has 3 aromatic rings. The van der Waals surface area contributed by atoms with Crippen LogP contribution in [-0.4, -0.2) is 21.2 Å². The Balaban J connectivity index is 1.70. The van der Waals surface area contributed by atoms with E-state index in [2.05, 4.69) is 39.1 Å². The molecule has 4 nitrogen and oxygen atoms in total. The molecule has 0 radical (unpaired) electrons. The Morgan fingerprint density at radius 1 is 1.20 bits per heavy atom. The molecule has 0 aliphatic carbocycles. The quantitative estimate of drug-likeness (QED) is 0.735. The average molecular weight is 332 g/mol. The first-order valence-electron chi connectivity index (χ1n) is 6.41. The number of benzene rings is 1. The number of rotatable bonds is 4. The summed E-state index contributed by atoms with van der Waals surface area (Å²) in [6, 6.07) is 12.0. The van der Waals surface area contributed by atoms with Gasteiger partial charge in [-0.15, -0.1) is 10.2 Å². The number of hydrogen-bond acceptors (Lipinski definition) is 3. The van der Waals surface area contributed by atoms with Crippen molar-refractivity contribution in [2.24, 2.45) is 0 Å². The van der Waals surface area contributed by atoms with E-state index in [4.69, 9.17) is 4.74 Å². The minimum absolute atomic E-state index is 0.580. The summed E-state index contributed by atoms with van der Waals surface area (Å²) in [6.45, 7) is 2.63. The number of fused-ring (bicyclic) bond motifs is 1. The molecular weight excluding hydrogens is 318 g/mol. The standard InChI is InChI=1S/C15H14BrN3O/c1-11-4-2-5-12(10-11)20-9-7-14-17-18-15-13(16)6-3-8-19(14)15/h2-6,8,10H,7,9H2,1H3. The van der Waals surface area contributed by atoms with E-state index in [1.807, 2.05) is 40.9 Å². The number of nitrogens with zero attached hydrogens (tertiary/aromatic N) is 3. The van der Waals surface area contributed by atoms with Gasteiger partial charge in [-0.05, 0) is 52.7 Å². The van der Waals surface area contributed by atoms with E-state index in [1.165, 1.54) is 5.56 Å². The van der Waals surface area contributed by atoms with E-state index < -0.39 is 0 Å². The fourth-order valence-electron chi connectivity index (χ4n) is 2.07. The molecule has 2 aromatic heterocycles. The fourth-order valence-corrected chi connectivity index (χ4v) is 2.49. The predicted octanol–water partition coefficient (Wildman–Crippen LogP) is 3.42. The fraction of sp³-hybridized carbons (Fsp3) is 0.200. The summed E-state index contributed by atoms with van der Waals surface area (Å²) in [5, 5.41) is 8.38. The summed E-state index contributed by atoms with van der Waals surface area (Å²) < 4.78 is 8.67. The van der Waals surface area contributed by atoms with Gasteiger partial charge in [-0.1, -0.05) is 12.1 Å². The molecule has 0 amide bonds. The highest BCUT2D eigenvalue weighted by atomic mass is 79.9. The number of halogens is 1. The van der Waals surface area contributed by atoms with Crippen molar-refractivity contribution in [1.82, 2.24) is 14.6 Å². The largest absolute Gasteiger partial charge is 0.493 e. The van der Waals surface area contributed by atoms with Gasteiger partial charge in [-0.3, -0.25) is 4.40 Å². The average Bonchev–Trinajstić information content (AvgIpc) is 2.84. The van der Waals surface area contributed by atoms with Crippen LogP contribution in [0.2, 0.25) is 0 Å². The van der Waals surface area contributed by atoms with Crippen LogP contribution in [-0.2, 0) is 6.42 Å². The highest BCUT2D eigenvalue weighted by Gasteiger charge is 2.07. The normalized spacial score (nSPS) is 10.9. The lowest BCUT2D eigenvalue weighted by molar-refractivity contribution is 0.318. The van der Waals surface area contributed by atoms with Gasteiger partial charge in [-0.25, -0.2) is 0 Å². The molecule has 0 fully saturated rings. The van der Waals surface area contributed by atoms with Crippen LogP contribution < -0.4 is 4.74 Å². The number of aromatic nitrogens is 3. The maximum Gasteiger partial charge on any atom is 0.175 e. The maximum absolute atomic E-state index is 5.75. The Morgan fingerprint density at radius 3 is 2.95 bits per heavy atom. The van der Waals surface area contributed by atoms with Crippen LogP contribution in [0, 0.1) is 6.92 Å². The first kappa shape index (κ1) is 13.1. The van der Waals surface area contributed by atoms with Gasteiger partial charge in [0.1, 0.15) is 11.6 Å². The van der Waals surface area contributed by atoms with Crippen LogP contribution in [0.3, 0.4) is 0 Å². The Hall–Kier alpha value is -1.88. The maximum atomic E-state index is 5.75. The molecule has 2 heterocycles. The van der Waals surface area contributed by atoms with E-state index in [1.54, 1.807) is 0 Å². The molecule has 0 unspecified atom stereocenters. The second-order valence-electron chi connectivity index (χ2n) is 4.58. The third-order valence-corrected chi connectivity index (χ3v) is 3.66. The van der Waals surface area contributed by atoms with Crippen molar-refractivity contribution in [3.63, 3.8) is 0 Å². The molecule has 0 bridgehead atoms. The Kier molecular flexibility index (Phi) is 3.69. The van der Waals surface area contributed by atoms with Crippen LogP contribution in [0.4, 0.5) is 0 Å². The van der Waals surface area contributed by atoms with Gasteiger partial charge >= 0.3 is 0 Å². The molecule has 0 N–H and O–H groups in total. The van der Waals surface area contributed by atoms with Crippen molar-refractivity contribution >= 4 is 21.6 Å². The monoisotopic (exact) mass is 331 g/mol. The summed E-state index contributed by atoms with van der Waals surface area (Å²) in [5.74, 6) is 1.79. The molecule has 20 heavy (non-hydrogen) atoms. The van der Waals surface area contributed by atoms with E-state index in [0.29, 0.717) is 13.0 Å². The number of aryl methyl sites for hydroxylation is 1. The Labute approximate surface area is 125 Å². The van der Waals surface area contributed by atoms with Crippen molar-refractivity contribution in [1.29, 1.82) is 0 Å². The number of ether oxygens (including phenoxy) is 1. The lowest BCUT2D eigenvalue weighted by Crippen LogP contribution is -2.05. The highest BCUT2D eigenvalue weighted by molar-refractivity contribution is 9.10. The van der Waals surface area contributed by atoms with E-state index >= 15 is 0 Å². The zero-order chi connectivity index (χ0) is 13.9. The summed E-state index contributed by atoms with van der Waals surface area (Å²) >= 11 is 3.47. The minimum atomic E-state index is 0.580. The Bertz CT molecular complexity index is 739. The number of pyridine rings is 1. The highest BCUT2D eigenvalue weighted by Crippen LogP contribution is 2.17. The lowest BCUT2D eigenvalue weighted by atomic mass is 10.2. The molecule has 0 aliphatic rings. The molecule has 0 spiro atoms. The van der Waals surface area contributed by atoms with Crippen molar-refractivity contribution in [3.05, 3.63) is 58.5 Å². The topological polar surface area (TPSA) is 39.4 Å². The summed E-state index contributed by atoms with van der Waals surface area (Å²) in [6.07, 6.45) is 2.67. The van der Waals surface area contributed by atoms with Gasteiger partial charge in [-0.2, -0.15) is 0 Å². The zero-order valence-corrected chi connectivity index (χ0v) is 12.7. The molecule has 1 aromatic carbocycles.